The van der Waals surface area contributed by atoms with Crippen LogP contribution in [0.2, 0.25) is 0 Å². The van der Waals surface area contributed by atoms with E-state index in [1.807, 2.05) is 0 Å². The maximum Gasteiger partial charge on any atom is 0.410 e. The van der Waals surface area contributed by atoms with Crippen molar-refractivity contribution in [1.29, 1.82) is 0 Å². The van der Waals surface area contributed by atoms with E-state index in [0.29, 0.717) is 38.9 Å². The zero-order chi connectivity index (χ0) is 20.3. The summed E-state index contributed by atoms with van der Waals surface area (Å²) in [6.45, 7) is 6.59. The fourth-order valence-corrected chi connectivity index (χ4v) is 4.92. The summed E-state index contributed by atoms with van der Waals surface area (Å²) in [5, 5.41) is 0. The van der Waals surface area contributed by atoms with Gasteiger partial charge in [-0.15, -0.1) is 0 Å². The molecule has 0 radical (unpaired) electrons. The molecule has 0 spiro atoms. The van der Waals surface area contributed by atoms with Crippen molar-refractivity contribution in [3.63, 3.8) is 0 Å². The maximum atomic E-state index is 12.8. The number of nitrogens with zero attached hydrogens (tertiary/aromatic N) is 2. The van der Waals surface area contributed by atoms with Gasteiger partial charge in [-0.05, 0) is 43.0 Å². The molecule has 0 aliphatic carbocycles. The lowest BCUT2D eigenvalue weighted by Crippen LogP contribution is -2.46. The van der Waals surface area contributed by atoms with Crippen LogP contribution < -0.4 is 9.62 Å². The molecule has 1 aromatic rings. The number of sulfonamides is 1. The van der Waals surface area contributed by atoms with E-state index >= 15 is 0 Å². The average molecular weight is 407 g/mol. The quantitative estimate of drug-likeness (QED) is 0.749. The molecular weight excluding hydrogens is 382 g/mol. The molecule has 1 N–H and O–H groups in total. The number of rotatable bonds is 5. The predicted molar refractivity (Wildman–Crippen MR) is 105 cm³/mol. The molecular formula is C19H25N3O5S. The summed E-state index contributed by atoms with van der Waals surface area (Å²) >= 11 is 0. The molecule has 1 saturated heterocycles. The summed E-state index contributed by atoms with van der Waals surface area (Å²) in [5.41, 5.74) is 1.63. The van der Waals surface area contributed by atoms with Gasteiger partial charge in [0.1, 0.15) is 6.61 Å². The number of ether oxygens (including phenoxy) is 1. The van der Waals surface area contributed by atoms with Crippen molar-refractivity contribution in [1.82, 2.24) is 9.62 Å². The Morgan fingerprint density at radius 1 is 1.29 bits per heavy atom. The summed E-state index contributed by atoms with van der Waals surface area (Å²) < 4.78 is 33.3. The number of carbonyl (C=O) groups is 2. The first-order valence-electron chi connectivity index (χ1n) is 9.28. The Bertz CT molecular complexity index is 876. The molecule has 0 bridgehead atoms. The zero-order valence-electron chi connectivity index (χ0n) is 15.9. The number of piperidine rings is 1. The summed E-state index contributed by atoms with van der Waals surface area (Å²) in [7, 11) is -3.67. The second-order valence-corrected chi connectivity index (χ2v) is 8.67. The lowest BCUT2D eigenvalue weighted by atomic mass is 10.1. The summed E-state index contributed by atoms with van der Waals surface area (Å²) in [4.78, 5) is 26.9. The fraction of sp³-hybridized carbons (Fsp3) is 0.474. The molecule has 0 unspecified atom stereocenters. The molecule has 0 aromatic heterocycles. The normalized spacial score (nSPS) is 17.3. The molecule has 9 heteroatoms. The van der Waals surface area contributed by atoms with E-state index in [2.05, 4.69) is 11.3 Å². The Labute approximate surface area is 165 Å². The van der Waals surface area contributed by atoms with Crippen LogP contribution in [0.15, 0.2) is 35.7 Å². The van der Waals surface area contributed by atoms with Crippen molar-refractivity contribution in [2.75, 3.05) is 31.1 Å². The maximum absolute atomic E-state index is 12.8. The van der Waals surface area contributed by atoms with Crippen molar-refractivity contribution in [3.05, 3.63) is 36.4 Å². The highest BCUT2D eigenvalue weighted by Gasteiger charge is 2.29. The topological polar surface area (TPSA) is 96.0 Å². The number of benzene rings is 1. The van der Waals surface area contributed by atoms with Crippen molar-refractivity contribution in [2.24, 2.45) is 0 Å². The highest BCUT2D eigenvalue weighted by Crippen LogP contribution is 2.30. The highest BCUT2D eigenvalue weighted by molar-refractivity contribution is 7.89. The zero-order valence-corrected chi connectivity index (χ0v) is 16.7. The number of likely N-dealkylation sites (tertiary alicyclic amines) is 1. The lowest BCUT2D eigenvalue weighted by Gasteiger charge is -2.31. The van der Waals surface area contributed by atoms with E-state index < -0.39 is 16.1 Å². The van der Waals surface area contributed by atoms with Crippen LogP contribution in [-0.4, -0.2) is 57.6 Å². The van der Waals surface area contributed by atoms with Crippen LogP contribution in [0.25, 0.3) is 0 Å². The van der Waals surface area contributed by atoms with Gasteiger partial charge < -0.3 is 14.5 Å². The molecule has 2 aliphatic heterocycles. The molecule has 8 nitrogen and oxygen atoms in total. The summed E-state index contributed by atoms with van der Waals surface area (Å²) in [6, 6.07) is 4.62. The third kappa shape index (κ3) is 4.36. The van der Waals surface area contributed by atoms with E-state index in [1.165, 1.54) is 19.1 Å². The van der Waals surface area contributed by atoms with Gasteiger partial charge in [0, 0.05) is 38.3 Å². The van der Waals surface area contributed by atoms with Gasteiger partial charge in [-0.3, -0.25) is 4.79 Å². The Morgan fingerprint density at radius 2 is 2.00 bits per heavy atom. The second-order valence-electron chi connectivity index (χ2n) is 6.96. The molecule has 0 atom stereocenters. The lowest BCUT2D eigenvalue weighted by molar-refractivity contribution is -0.116. The van der Waals surface area contributed by atoms with E-state index in [9.17, 15) is 18.0 Å². The van der Waals surface area contributed by atoms with E-state index in [4.69, 9.17) is 4.74 Å². The highest BCUT2D eigenvalue weighted by atomic mass is 32.2. The van der Waals surface area contributed by atoms with Crippen LogP contribution in [-0.2, 0) is 26.0 Å². The first-order chi connectivity index (χ1) is 13.3. The van der Waals surface area contributed by atoms with Crippen molar-refractivity contribution in [3.8, 4) is 0 Å². The third-order valence-corrected chi connectivity index (χ3v) is 6.55. The smallest absolute Gasteiger partial charge is 0.410 e. The van der Waals surface area contributed by atoms with Crippen LogP contribution in [0.1, 0.15) is 25.3 Å². The number of fused-ring (bicyclic) bond motifs is 1. The Kier molecular flexibility index (Phi) is 6.04. The van der Waals surface area contributed by atoms with Crippen molar-refractivity contribution < 1.29 is 22.7 Å². The van der Waals surface area contributed by atoms with Crippen LogP contribution in [0, 0.1) is 0 Å². The molecule has 1 aromatic carbocycles. The summed E-state index contributed by atoms with van der Waals surface area (Å²) in [5.74, 6) is -0.0501. The molecule has 1 fully saturated rings. The van der Waals surface area contributed by atoms with Crippen LogP contribution in [0.5, 0.6) is 0 Å². The minimum absolute atomic E-state index is 0.0501. The SMILES string of the molecule is C=CCOC(=O)N1CCC(NS(=O)(=O)c2ccc3c(c2)CCN3C(C)=O)CC1. The van der Waals surface area contributed by atoms with E-state index in [-0.39, 0.29) is 23.5 Å². The van der Waals surface area contributed by atoms with Gasteiger partial charge in [0.2, 0.25) is 15.9 Å². The monoisotopic (exact) mass is 407 g/mol. The Hall–Kier alpha value is -2.39. The van der Waals surface area contributed by atoms with Crippen LogP contribution in [0.3, 0.4) is 0 Å². The van der Waals surface area contributed by atoms with Crippen molar-refractivity contribution >= 4 is 27.7 Å². The number of carbonyl (C=O) groups excluding carboxylic acids is 2. The standard InChI is InChI=1S/C19H25N3O5S/c1-3-12-27-19(24)21-9-7-16(8-10-21)20-28(25,26)17-4-5-18-15(13-17)6-11-22(18)14(2)23/h3-5,13,16,20H,1,6-12H2,2H3. The van der Waals surface area contributed by atoms with E-state index in [1.54, 1.807) is 21.9 Å². The van der Waals surface area contributed by atoms with Crippen LogP contribution >= 0.6 is 0 Å². The minimum atomic E-state index is -3.67. The van der Waals surface area contributed by atoms with Gasteiger partial charge in [0.25, 0.3) is 0 Å². The number of hydrogen-bond acceptors (Lipinski definition) is 5. The van der Waals surface area contributed by atoms with Crippen molar-refractivity contribution in [2.45, 2.75) is 37.1 Å². The van der Waals surface area contributed by atoms with E-state index in [0.717, 1.165) is 11.3 Å². The van der Waals surface area contributed by atoms with Gasteiger partial charge in [0.15, 0.2) is 0 Å². The van der Waals surface area contributed by atoms with Gasteiger partial charge in [-0.2, -0.15) is 0 Å². The largest absolute Gasteiger partial charge is 0.445 e. The molecule has 3 rings (SSSR count). The Balaban J connectivity index is 1.62. The number of amides is 2. The van der Waals surface area contributed by atoms with Gasteiger partial charge in [-0.1, -0.05) is 12.7 Å². The molecule has 2 heterocycles. The number of hydrogen-bond donors (Lipinski definition) is 1. The number of nitrogens with one attached hydrogen (secondary N) is 1. The Morgan fingerprint density at radius 3 is 2.64 bits per heavy atom. The predicted octanol–water partition coefficient (Wildman–Crippen LogP) is 1.66. The molecule has 2 aliphatic rings. The summed E-state index contributed by atoms with van der Waals surface area (Å²) in [6.07, 6.45) is 2.78. The first kappa shape index (κ1) is 20.3. The molecule has 2 amide bonds. The minimum Gasteiger partial charge on any atom is -0.445 e. The van der Waals surface area contributed by atoms with Crippen LogP contribution in [0.4, 0.5) is 10.5 Å². The average Bonchev–Trinajstić information content (AvgIpc) is 3.10. The molecule has 152 valence electrons. The van der Waals surface area contributed by atoms with Gasteiger partial charge in [-0.25, -0.2) is 17.9 Å². The number of anilines is 1. The second kappa shape index (κ2) is 8.32. The molecule has 28 heavy (non-hydrogen) atoms. The fourth-order valence-electron chi connectivity index (χ4n) is 3.56. The molecule has 0 saturated carbocycles. The first-order valence-corrected chi connectivity index (χ1v) is 10.8. The third-order valence-electron chi connectivity index (χ3n) is 5.04. The van der Waals surface area contributed by atoms with Gasteiger partial charge >= 0.3 is 6.09 Å². The van der Waals surface area contributed by atoms with Gasteiger partial charge in [0.05, 0.1) is 4.90 Å².